The Balaban J connectivity index is 3.15. The predicted molar refractivity (Wildman–Crippen MR) is 64.9 cm³/mol. The Morgan fingerprint density at radius 1 is 1.41 bits per heavy atom. The highest BCUT2D eigenvalue weighted by Gasteiger charge is 2.28. The van der Waals surface area contributed by atoms with Crippen molar-refractivity contribution in [2.45, 2.75) is 47.6 Å². The van der Waals surface area contributed by atoms with Crippen LogP contribution in [0.5, 0.6) is 0 Å². The molecule has 1 aromatic heterocycles. The van der Waals surface area contributed by atoms with E-state index in [2.05, 4.69) is 37.9 Å². The van der Waals surface area contributed by atoms with E-state index in [0.29, 0.717) is 6.61 Å². The van der Waals surface area contributed by atoms with Crippen LogP contribution in [0.2, 0.25) is 0 Å². The number of nitrogens with zero attached hydrogens (tertiary/aromatic N) is 3. The van der Waals surface area contributed by atoms with Crippen molar-refractivity contribution >= 4 is 5.97 Å². The zero-order valence-corrected chi connectivity index (χ0v) is 11.4. The van der Waals surface area contributed by atoms with E-state index >= 15 is 0 Å². The summed E-state index contributed by atoms with van der Waals surface area (Å²) in [4.78, 5) is 11.8. The lowest BCUT2D eigenvalue weighted by molar-refractivity contribution is 0.0498. The van der Waals surface area contributed by atoms with Crippen LogP contribution in [0.15, 0.2) is 0 Å². The average molecular weight is 239 g/mol. The van der Waals surface area contributed by atoms with Crippen LogP contribution in [0.3, 0.4) is 0 Å². The number of esters is 1. The first-order valence-electron chi connectivity index (χ1n) is 5.87. The summed E-state index contributed by atoms with van der Waals surface area (Å²) in [5.74, 6) is 0.603. The minimum absolute atomic E-state index is 0.0222. The van der Waals surface area contributed by atoms with Crippen LogP contribution < -0.4 is 0 Å². The fourth-order valence-electron chi connectivity index (χ4n) is 1.56. The summed E-state index contributed by atoms with van der Waals surface area (Å²) in [6, 6.07) is 0.122. The number of aryl methyl sites for hydroxylation is 1. The smallest absolute Gasteiger partial charge is 0.376 e. The van der Waals surface area contributed by atoms with Gasteiger partial charge in [0.25, 0.3) is 0 Å². The summed E-state index contributed by atoms with van der Waals surface area (Å²) in [6.07, 6.45) is 0. The second-order valence-electron chi connectivity index (χ2n) is 5.20. The molecule has 5 heteroatoms. The maximum Gasteiger partial charge on any atom is 0.376 e. The van der Waals surface area contributed by atoms with Gasteiger partial charge in [0.15, 0.2) is 0 Å². The van der Waals surface area contributed by atoms with Crippen molar-refractivity contribution in [1.29, 1.82) is 0 Å². The topological polar surface area (TPSA) is 57.0 Å². The Bertz CT molecular complexity index is 404. The van der Waals surface area contributed by atoms with Gasteiger partial charge in [-0.25, -0.2) is 4.79 Å². The molecule has 5 nitrogen and oxygen atoms in total. The van der Waals surface area contributed by atoms with E-state index in [9.17, 15) is 4.79 Å². The first-order valence-corrected chi connectivity index (χ1v) is 5.87. The number of carbonyl (C=O) groups excluding carboxylic acids is 1. The maximum absolute atomic E-state index is 11.8. The molecule has 0 aliphatic carbocycles. The van der Waals surface area contributed by atoms with Crippen molar-refractivity contribution in [3.63, 3.8) is 0 Å². The zero-order valence-electron chi connectivity index (χ0n) is 11.4. The first kappa shape index (κ1) is 13.7. The molecule has 0 aliphatic heterocycles. The van der Waals surface area contributed by atoms with Crippen LogP contribution in [0, 0.1) is 12.3 Å². The van der Waals surface area contributed by atoms with Crippen LogP contribution >= 0.6 is 0 Å². The Morgan fingerprint density at radius 2 is 2.00 bits per heavy atom. The van der Waals surface area contributed by atoms with Crippen molar-refractivity contribution in [1.82, 2.24) is 14.8 Å². The van der Waals surface area contributed by atoms with Gasteiger partial charge in [0.1, 0.15) is 5.82 Å². The highest BCUT2D eigenvalue weighted by molar-refractivity contribution is 5.85. The van der Waals surface area contributed by atoms with Crippen molar-refractivity contribution in [2.24, 2.45) is 5.41 Å². The van der Waals surface area contributed by atoms with Gasteiger partial charge in [0.05, 0.1) is 6.61 Å². The summed E-state index contributed by atoms with van der Waals surface area (Å²) in [5, 5.41) is 7.87. The van der Waals surface area contributed by atoms with Crippen LogP contribution in [0.1, 0.15) is 57.1 Å². The lowest BCUT2D eigenvalue weighted by Gasteiger charge is -2.29. The van der Waals surface area contributed by atoms with E-state index in [1.807, 2.05) is 11.5 Å². The van der Waals surface area contributed by atoms with Crippen molar-refractivity contribution in [3.8, 4) is 0 Å². The molecule has 0 saturated carbocycles. The molecule has 1 rings (SSSR count). The number of hydrogen-bond acceptors (Lipinski definition) is 4. The molecule has 17 heavy (non-hydrogen) atoms. The van der Waals surface area contributed by atoms with Gasteiger partial charge < -0.3 is 9.30 Å². The fraction of sp³-hybridized carbons (Fsp3) is 0.750. The monoisotopic (exact) mass is 239 g/mol. The Labute approximate surface area is 102 Å². The minimum Gasteiger partial charge on any atom is -0.460 e. The molecule has 0 radical (unpaired) electrons. The average Bonchev–Trinajstić information content (AvgIpc) is 2.58. The lowest BCUT2D eigenvalue weighted by Crippen LogP contribution is -2.26. The Kier molecular flexibility index (Phi) is 3.91. The first-order chi connectivity index (χ1) is 7.79. The molecule has 0 bridgehead atoms. The summed E-state index contributed by atoms with van der Waals surface area (Å²) < 4.78 is 6.83. The molecule has 1 heterocycles. The molecule has 0 fully saturated rings. The van der Waals surface area contributed by atoms with Gasteiger partial charge in [-0.3, -0.25) is 0 Å². The molecule has 0 aromatic carbocycles. The van der Waals surface area contributed by atoms with Crippen LogP contribution in [-0.4, -0.2) is 27.3 Å². The lowest BCUT2D eigenvalue weighted by atomic mass is 9.87. The molecule has 0 saturated heterocycles. The van der Waals surface area contributed by atoms with Gasteiger partial charge in [-0.2, -0.15) is 0 Å². The number of aromatic nitrogens is 3. The fourth-order valence-corrected chi connectivity index (χ4v) is 1.56. The number of rotatable bonds is 3. The van der Waals surface area contributed by atoms with E-state index in [-0.39, 0.29) is 17.3 Å². The SMILES string of the molecule is CCOC(=O)c1nnc(C)n1C(C)C(C)(C)C. The van der Waals surface area contributed by atoms with E-state index in [1.165, 1.54) is 0 Å². The van der Waals surface area contributed by atoms with Crippen molar-refractivity contribution in [2.75, 3.05) is 6.61 Å². The third-order valence-electron chi connectivity index (χ3n) is 2.96. The summed E-state index contributed by atoms with van der Waals surface area (Å²) in [5.41, 5.74) is 0.0222. The zero-order chi connectivity index (χ0) is 13.2. The highest BCUT2D eigenvalue weighted by atomic mass is 16.5. The van der Waals surface area contributed by atoms with Crippen LogP contribution in [0.4, 0.5) is 0 Å². The maximum atomic E-state index is 11.8. The summed E-state index contributed by atoms with van der Waals surface area (Å²) >= 11 is 0. The van der Waals surface area contributed by atoms with Gasteiger partial charge >= 0.3 is 5.97 Å². The molecule has 0 amide bonds. The van der Waals surface area contributed by atoms with Gasteiger partial charge in [-0.15, -0.1) is 10.2 Å². The molecule has 1 atom stereocenters. The molecule has 1 unspecified atom stereocenters. The predicted octanol–water partition coefficient (Wildman–Crippen LogP) is 2.37. The van der Waals surface area contributed by atoms with Crippen molar-refractivity contribution in [3.05, 3.63) is 11.6 Å². The quantitative estimate of drug-likeness (QED) is 0.760. The highest BCUT2D eigenvalue weighted by Crippen LogP contribution is 2.31. The van der Waals surface area contributed by atoms with E-state index < -0.39 is 5.97 Å². The molecule has 0 aliphatic rings. The summed E-state index contributed by atoms with van der Waals surface area (Å²) in [7, 11) is 0. The molecule has 96 valence electrons. The normalized spacial score (nSPS) is 13.5. The molecular formula is C12H21N3O2. The van der Waals surface area contributed by atoms with Crippen molar-refractivity contribution < 1.29 is 9.53 Å². The van der Waals surface area contributed by atoms with Gasteiger partial charge in [-0.05, 0) is 26.2 Å². The van der Waals surface area contributed by atoms with Gasteiger partial charge in [0, 0.05) is 6.04 Å². The number of carbonyl (C=O) groups is 1. The third kappa shape index (κ3) is 2.84. The second kappa shape index (κ2) is 4.85. The Morgan fingerprint density at radius 3 is 2.47 bits per heavy atom. The third-order valence-corrected chi connectivity index (χ3v) is 2.96. The molecule has 0 N–H and O–H groups in total. The standard InChI is InChI=1S/C12H21N3O2/c1-7-17-11(16)10-14-13-9(3)15(10)8(2)12(4,5)6/h8H,7H2,1-6H3. The van der Waals surface area contributed by atoms with E-state index in [1.54, 1.807) is 6.92 Å². The second-order valence-corrected chi connectivity index (χ2v) is 5.20. The Hall–Kier alpha value is -1.39. The van der Waals surface area contributed by atoms with E-state index in [0.717, 1.165) is 5.82 Å². The van der Waals surface area contributed by atoms with Gasteiger partial charge in [0.2, 0.25) is 5.82 Å². The van der Waals surface area contributed by atoms with E-state index in [4.69, 9.17) is 4.74 Å². The number of ether oxygens (including phenoxy) is 1. The van der Waals surface area contributed by atoms with Gasteiger partial charge in [-0.1, -0.05) is 20.8 Å². The largest absolute Gasteiger partial charge is 0.460 e. The number of hydrogen-bond donors (Lipinski definition) is 0. The van der Waals surface area contributed by atoms with Crippen LogP contribution in [0.25, 0.3) is 0 Å². The molecule has 1 aromatic rings. The molecular weight excluding hydrogens is 218 g/mol. The minimum atomic E-state index is -0.413. The van der Waals surface area contributed by atoms with Crippen LogP contribution in [-0.2, 0) is 4.74 Å². The summed E-state index contributed by atoms with van der Waals surface area (Å²) in [6.45, 7) is 12.4. The molecule has 0 spiro atoms.